The van der Waals surface area contributed by atoms with Crippen molar-refractivity contribution in [3.8, 4) is 0 Å². The molecule has 0 radical (unpaired) electrons. The first-order valence-electron chi connectivity index (χ1n) is 6.36. The summed E-state index contributed by atoms with van der Waals surface area (Å²) in [5.41, 5.74) is 8.55. The fraction of sp³-hybridized carbons (Fsp3) is 0.312. The maximum atomic E-state index is 13.7. The van der Waals surface area contributed by atoms with E-state index in [4.69, 9.17) is 5.73 Å². The van der Waals surface area contributed by atoms with E-state index in [1.807, 2.05) is 24.3 Å². The molecule has 100 valence electrons. The van der Waals surface area contributed by atoms with Gasteiger partial charge in [0.15, 0.2) is 0 Å². The number of hydrogen-bond acceptors (Lipinski definition) is 2. The molecule has 3 heteroatoms. The van der Waals surface area contributed by atoms with Crippen LogP contribution in [0.2, 0.25) is 0 Å². The number of hydrogen-bond donors (Lipinski definition) is 1. The summed E-state index contributed by atoms with van der Waals surface area (Å²) in [4.78, 5) is 4.03. The van der Waals surface area contributed by atoms with Crippen molar-refractivity contribution in [3.05, 3.63) is 65.2 Å². The third-order valence-electron chi connectivity index (χ3n) is 3.22. The minimum Gasteiger partial charge on any atom is -0.319 e. The van der Waals surface area contributed by atoms with E-state index in [9.17, 15) is 4.39 Å². The van der Waals surface area contributed by atoms with Crippen molar-refractivity contribution in [2.45, 2.75) is 32.2 Å². The lowest BCUT2D eigenvalue weighted by molar-refractivity contribution is 0.583. The average molecular weight is 258 g/mol. The number of nitrogens with zero attached hydrogens (tertiary/aromatic N) is 1. The molecule has 1 atom stereocenters. The molecule has 0 fully saturated rings. The van der Waals surface area contributed by atoms with Gasteiger partial charge in [-0.1, -0.05) is 45.0 Å². The summed E-state index contributed by atoms with van der Waals surface area (Å²) in [7, 11) is 0. The van der Waals surface area contributed by atoms with Gasteiger partial charge in [-0.2, -0.15) is 0 Å². The summed E-state index contributed by atoms with van der Waals surface area (Å²) in [6.07, 6.45) is 1.56. The summed E-state index contributed by atoms with van der Waals surface area (Å²) in [6.45, 7) is 6.46. The summed E-state index contributed by atoms with van der Waals surface area (Å²) < 4.78 is 13.7. The molecule has 1 aromatic heterocycles. The van der Waals surface area contributed by atoms with Crippen LogP contribution in [-0.4, -0.2) is 4.98 Å². The molecule has 0 aliphatic carbocycles. The number of benzene rings is 1. The largest absolute Gasteiger partial charge is 0.319 e. The molecule has 2 aromatic rings. The summed E-state index contributed by atoms with van der Waals surface area (Å²) in [5.74, 6) is -0.366. The number of pyridine rings is 1. The van der Waals surface area contributed by atoms with Crippen LogP contribution in [0.25, 0.3) is 0 Å². The van der Waals surface area contributed by atoms with E-state index in [1.165, 1.54) is 11.6 Å². The lowest BCUT2D eigenvalue weighted by Gasteiger charge is -2.20. The lowest BCUT2D eigenvalue weighted by Crippen LogP contribution is -2.16. The Bertz CT molecular complexity index is 556. The van der Waals surface area contributed by atoms with Crippen molar-refractivity contribution in [3.63, 3.8) is 0 Å². The van der Waals surface area contributed by atoms with Gasteiger partial charge < -0.3 is 5.73 Å². The molecule has 0 saturated carbocycles. The van der Waals surface area contributed by atoms with Gasteiger partial charge in [-0.25, -0.2) is 4.39 Å². The van der Waals surface area contributed by atoms with Gasteiger partial charge in [0.05, 0.1) is 11.7 Å². The van der Waals surface area contributed by atoms with E-state index in [1.54, 1.807) is 12.3 Å². The molecule has 19 heavy (non-hydrogen) atoms. The predicted molar refractivity (Wildman–Crippen MR) is 75.4 cm³/mol. The summed E-state index contributed by atoms with van der Waals surface area (Å²) in [5, 5.41) is 0. The molecule has 0 saturated heterocycles. The van der Waals surface area contributed by atoms with E-state index in [0.717, 1.165) is 5.56 Å². The van der Waals surface area contributed by atoms with Crippen LogP contribution in [-0.2, 0) is 5.41 Å². The lowest BCUT2D eigenvalue weighted by atomic mass is 9.86. The van der Waals surface area contributed by atoms with Crippen molar-refractivity contribution in [2.24, 2.45) is 5.73 Å². The molecule has 0 aliphatic heterocycles. The van der Waals surface area contributed by atoms with Gasteiger partial charge in [-0.05, 0) is 28.7 Å². The molecular weight excluding hydrogens is 239 g/mol. The fourth-order valence-electron chi connectivity index (χ4n) is 1.98. The maximum Gasteiger partial charge on any atom is 0.146 e. The molecule has 1 aromatic carbocycles. The standard InChI is InChI=1S/C16H19FN2/c1-16(2,3)12-8-6-11(7-9-12)14(18)15-13(17)5-4-10-19-15/h4-10,14H,18H2,1-3H3. The number of nitrogens with two attached hydrogens (primary N) is 1. The molecule has 1 heterocycles. The van der Waals surface area contributed by atoms with Crippen LogP contribution >= 0.6 is 0 Å². The van der Waals surface area contributed by atoms with Crippen molar-refractivity contribution in [2.75, 3.05) is 0 Å². The Morgan fingerprint density at radius 1 is 1.11 bits per heavy atom. The second kappa shape index (κ2) is 5.10. The molecule has 2 nitrogen and oxygen atoms in total. The molecule has 0 aliphatic rings. The van der Waals surface area contributed by atoms with Crippen LogP contribution in [0.5, 0.6) is 0 Å². The van der Waals surface area contributed by atoms with Crippen LogP contribution in [0.4, 0.5) is 4.39 Å². The van der Waals surface area contributed by atoms with E-state index in [0.29, 0.717) is 0 Å². The van der Waals surface area contributed by atoms with Gasteiger partial charge in [0.2, 0.25) is 0 Å². The molecule has 0 amide bonds. The first kappa shape index (κ1) is 13.7. The highest BCUT2D eigenvalue weighted by Crippen LogP contribution is 2.25. The smallest absolute Gasteiger partial charge is 0.146 e. The third kappa shape index (κ3) is 2.99. The highest BCUT2D eigenvalue weighted by Gasteiger charge is 2.17. The second-order valence-corrected chi connectivity index (χ2v) is 5.72. The molecular formula is C16H19FN2. The van der Waals surface area contributed by atoms with Gasteiger partial charge >= 0.3 is 0 Å². The minimum absolute atomic E-state index is 0.0961. The van der Waals surface area contributed by atoms with Crippen LogP contribution in [0.3, 0.4) is 0 Å². The molecule has 0 spiro atoms. The van der Waals surface area contributed by atoms with Crippen molar-refractivity contribution in [1.82, 2.24) is 4.98 Å². The first-order chi connectivity index (χ1) is 8.89. The van der Waals surface area contributed by atoms with Crippen LogP contribution in [0.15, 0.2) is 42.6 Å². The van der Waals surface area contributed by atoms with E-state index < -0.39 is 6.04 Å². The maximum absolute atomic E-state index is 13.7. The van der Waals surface area contributed by atoms with Crippen molar-refractivity contribution in [1.29, 1.82) is 0 Å². The van der Waals surface area contributed by atoms with E-state index in [2.05, 4.69) is 25.8 Å². The highest BCUT2D eigenvalue weighted by molar-refractivity contribution is 5.33. The average Bonchev–Trinajstić information content (AvgIpc) is 2.38. The number of aromatic nitrogens is 1. The zero-order valence-electron chi connectivity index (χ0n) is 11.5. The molecule has 1 unspecified atom stereocenters. The quantitative estimate of drug-likeness (QED) is 0.894. The Balaban J connectivity index is 2.31. The second-order valence-electron chi connectivity index (χ2n) is 5.72. The van der Waals surface area contributed by atoms with E-state index in [-0.39, 0.29) is 16.9 Å². The Morgan fingerprint density at radius 2 is 1.74 bits per heavy atom. The zero-order chi connectivity index (χ0) is 14.0. The Hall–Kier alpha value is -1.74. The first-order valence-corrected chi connectivity index (χ1v) is 6.36. The number of rotatable bonds is 2. The van der Waals surface area contributed by atoms with Gasteiger partial charge in [0.25, 0.3) is 0 Å². The topological polar surface area (TPSA) is 38.9 Å². The van der Waals surface area contributed by atoms with Crippen LogP contribution in [0.1, 0.15) is 43.6 Å². The van der Waals surface area contributed by atoms with Crippen molar-refractivity contribution < 1.29 is 4.39 Å². The summed E-state index contributed by atoms with van der Waals surface area (Å²) >= 11 is 0. The molecule has 0 bridgehead atoms. The summed E-state index contributed by atoms with van der Waals surface area (Å²) in [6, 6.07) is 10.4. The normalized spacial score (nSPS) is 13.3. The third-order valence-corrected chi connectivity index (χ3v) is 3.22. The van der Waals surface area contributed by atoms with Crippen LogP contribution < -0.4 is 5.73 Å². The van der Waals surface area contributed by atoms with Gasteiger partial charge in [-0.15, -0.1) is 0 Å². The SMILES string of the molecule is CC(C)(C)c1ccc(C(N)c2ncccc2F)cc1. The Morgan fingerprint density at radius 3 is 2.26 bits per heavy atom. The molecule has 2 N–H and O–H groups in total. The van der Waals surface area contributed by atoms with Crippen LogP contribution in [0, 0.1) is 5.82 Å². The zero-order valence-corrected chi connectivity index (χ0v) is 11.5. The highest BCUT2D eigenvalue weighted by atomic mass is 19.1. The predicted octanol–water partition coefficient (Wildman–Crippen LogP) is 3.57. The Labute approximate surface area is 113 Å². The Kier molecular flexibility index (Phi) is 3.67. The monoisotopic (exact) mass is 258 g/mol. The number of halogens is 1. The molecule has 2 rings (SSSR count). The van der Waals surface area contributed by atoms with E-state index >= 15 is 0 Å². The van der Waals surface area contributed by atoms with Gasteiger partial charge in [-0.3, -0.25) is 4.98 Å². The minimum atomic E-state index is -0.532. The fourth-order valence-corrected chi connectivity index (χ4v) is 1.98. The van der Waals surface area contributed by atoms with Crippen molar-refractivity contribution >= 4 is 0 Å². The van der Waals surface area contributed by atoms with Gasteiger partial charge in [0.1, 0.15) is 5.82 Å². The van der Waals surface area contributed by atoms with Gasteiger partial charge in [0, 0.05) is 6.20 Å².